The van der Waals surface area contributed by atoms with Crippen LogP contribution in [0.1, 0.15) is 39.5 Å². The van der Waals surface area contributed by atoms with Gasteiger partial charge >= 0.3 is 0 Å². The number of allylic oxidation sites excluding steroid dienone is 1. The molecular weight excluding hydrogens is 234 g/mol. The Hall–Kier alpha value is -1.28. The number of ether oxygens (including phenoxy) is 1. The Morgan fingerprint density at radius 1 is 1.26 bits per heavy atom. The summed E-state index contributed by atoms with van der Waals surface area (Å²) in [5, 5.41) is 3.59. The van der Waals surface area contributed by atoms with Gasteiger partial charge in [-0.2, -0.15) is 0 Å². The Bertz CT molecular complexity index is 348. The molecule has 0 aromatic heterocycles. The van der Waals surface area contributed by atoms with Crippen LogP contribution in [0.4, 0.5) is 0 Å². The lowest BCUT2D eigenvalue weighted by Gasteiger charge is -2.18. The molecule has 1 N–H and O–H groups in total. The highest BCUT2D eigenvalue weighted by Gasteiger charge is 2.07. The van der Waals surface area contributed by atoms with Crippen molar-refractivity contribution in [3.63, 3.8) is 0 Å². The summed E-state index contributed by atoms with van der Waals surface area (Å²) in [6, 6.07) is 10.5. The van der Waals surface area contributed by atoms with Crippen molar-refractivity contribution >= 4 is 0 Å². The van der Waals surface area contributed by atoms with Gasteiger partial charge in [-0.15, -0.1) is 6.58 Å². The molecule has 106 valence electrons. The van der Waals surface area contributed by atoms with Crippen molar-refractivity contribution in [2.75, 3.05) is 13.2 Å². The molecule has 0 aliphatic carbocycles. The third-order valence-corrected chi connectivity index (χ3v) is 3.08. The molecule has 0 radical (unpaired) electrons. The predicted octanol–water partition coefficient (Wildman–Crippen LogP) is 4.18. The minimum Gasteiger partial charge on any atom is -0.494 e. The molecule has 1 rings (SSSR count). The lowest BCUT2D eigenvalue weighted by Crippen LogP contribution is -2.31. The molecule has 0 bridgehead atoms. The second-order valence-electron chi connectivity index (χ2n) is 5.10. The highest BCUT2D eigenvalue weighted by atomic mass is 16.5. The molecule has 0 saturated carbocycles. The van der Waals surface area contributed by atoms with Gasteiger partial charge in [-0.05, 0) is 51.3 Å². The maximum Gasteiger partial charge on any atom is 0.119 e. The first-order valence-electron chi connectivity index (χ1n) is 7.28. The third kappa shape index (κ3) is 7.68. The van der Waals surface area contributed by atoms with Crippen molar-refractivity contribution < 1.29 is 4.74 Å². The molecule has 1 aromatic carbocycles. The minimum atomic E-state index is 0.528. The lowest BCUT2D eigenvalue weighted by atomic mass is 10.0. The van der Waals surface area contributed by atoms with E-state index in [9.17, 15) is 0 Å². The van der Waals surface area contributed by atoms with Crippen LogP contribution >= 0.6 is 0 Å². The summed E-state index contributed by atoms with van der Waals surface area (Å²) in [5.41, 5.74) is 1.26. The first kappa shape index (κ1) is 15.8. The van der Waals surface area contributed by atoms with Crippen molar-refractivity contribution in [1.29, 1.82) is 0 Å². The second-order valence-corrected chi connectivity index (χ2v) is 5.10. The third-order valence-electron chi connectivity index (χ3n) is 3.08. The van der Waals surface area contributed by atoms with Gasteiger partial charge in [0.1, 0.15) is 5.75 Å². The normalized spacial score (nSPS) is 12.1. The minimum absolute atomic E-state index is 0.528. The van der Waals surface area contributed by atoms with Crippen LogP contribution in [0, 0.1) is 0 Å². The SMILES string of the molecule is C=C(C)CCC(CCOc1ccccc1)NCCC. The Morgan fingerprint density at radius 3 is 2.63 bits per heavy atom. The number of hydrogen-bond acceptors (Lipinski definition) is 2. The van der Waals surface area contributed by atoms with E-state index in [1.165, 1.54) is 12.0 Å². The molecule has 1 aromatic rings. The van der Waals surface area contributed by atoms with Crippen LogP contribution in [0.25, 0.3) is 0 Å². The van der Waals surface area contributed by atoms with Gasteiger partial charge in [0, 0.05) is 6.04 Å². The standard InChI is InChI=1S/C17H27NO/c1-4-13-18-16(11-10-15(2)3)12-14-19-17-8-6-5-7-9-17/h5-9,16,18H,2,4,10-14H2,1,3H3. The van der Waals surface area contributed by atoms with Gasteiger partial charge in [0.25, 0.3) is 0 Å². The Balaban J connectivity index is 2.28. The van der Waals surface area contributed by atoms with E-state index < -0.39 is 0 Å². The summed E-state index contributed by atoms with van der Waals surface area (Å²) < 4.78 is 5.76. The fourth-order valence-corrected chi connectivity index (χ4v) is 1.95. The lowest BCUT2D eigenvalue weighted by molar-refractivity contribution is 0.280. The van der Waals surface area contributed by atoms with E-state index >= 15 is 0 Å². The van der Waals surface area contributed by atoms with E-state index in [1.54, 1.807) is 0 Å². The van der Waals surface area contributed by atoms with E-state index in [1.807, 2.05) is 30.3 Å². The number of rotatable bonds is 10. The van der Waals surface area contributed by atoms with Crippen LogP contribution < -0.4 is 10.1 Å². The molecule has 1 atom stereocenters. The van der Waals surface area contributed by atoms with Crippen LogP contribution in [0.3, 0.4) is 0 Å². The zero-order chi connectivity index (χ0) is 13.9. The molecule has 2 nitrogen and oxygen atoms in total. The van der Waals surface area contributed by atoms with E-state index in [0.717, 1.165) is 38.2 Å². The average molecular weight is 261 g/mol. The van der Waals surface area contributed by atoms with Crippen LogP contribution in [-0.4, -0.2) is 19.2 Å². The molecule has 0 amide bonds. The fourth-order valence-electron chi connectivity index (χ4n) is 1.95. The number of benzene rings is 1. The van der Waals surface area contributed by atoms with E-state index in [4.69, 9.17) is 4.74 Å². The first-order chi connectivity index (χ1) is 9.22. The van der Waals surface area contributed by atoms with Crippen LogP contribution in [0.5, 0.6) is 5.75 Å². The number of hydrogen-bond donors (Lipinski definition) is 1. The number of para-hydroxylation sites is 1. The van der Waals surface area contributed by atoms with Gasteiger partial charge in [0.15, 0.2) is 0 Å². The zero-order valence-corrected chi connectivity index (χ0v) is 12.3. The van der Waals surface area contributed by atoms with Crippen LogP contribution in [-0.2, 0) is 0 Å². The summed E-state index contributed by atoms with van der Waals surface area (Å²) in [6.45, 7) is 10.1. The molecule has 2 heteroatoms. The fraction of sp³-hybridized carbons (Fsp3) is 0.529. The first-order valence-corrected chi connectivity index (χ1v) is 7.28. The summed E-state index contributed by atoms with van der Waals surface area (Å²) in [6.07, 6.45) is 4.45. The van der Waals surface area contributed by atoms with Gasteiger partial charge in [0.2, 0.25) is 0 Å². The summed E-state index contributed by atoms with van der Waals surface area (Å²) in [7, 11) is 0. The van der Waals surface area contributed by atoms with E-state index in [2.05, 4.69) is 25.7 Å². The second kappa shape index (κ2) is 9.62. The summed E-state index contributed by atoms with van der Waals surface area (Å²) in [4.78, 5) is 0. The Morgan fingerprint density at radius 2 is 2.00 bits per heavy atom. The Kier molecular flexibility index (Phi) is 7.99. The smallest absolute Gasteiger partial charge is 0.119 e. The van der Waals surface area contributed by atoms with Crippen molar-refractivity contribution in [2.24, 2.45) is 0 Å². The van der Waals surface area contributed by atoms with Gasteiger partial charge in [-0.3, -0.25) is 0 Å². The topological polar surface area (TPSA) is 21.3 Å². The molecule has 0 heterocycles. The molecule has 0 aliphatic rings. The van der Waals surface area contributed by atoms with Gasteiger partial charge in [-0.25, -0.2) is 0 Å². The molecule has 1 unspecified atom stereocenters. The monoisotopic (exact) mass is 261 g/mol. The van der Waals surface area contributed by atoms with Gasteiger partial charge in [-0.1, -0.05) is 30.7 Å². The van der Waals surface area contributed by atoms with Crippen molar-refractivity contribution in [3.05, 3.63) is 42.5 Å². The van der Waals surface area contributed by atoms with Crippen LogP contribution in [0.2, 0.25) is 0 Å². The molecule has 19 heavy (non-hydrogen) atoms. The average Bonchev–Trinajstić information content (AvgIpc) is 2.42. The van der Waals surface area contributed by atoms with Crippen molar-refractivity contribution in [2.45, 2.75) is 45.6 Å². The molecule has 0 fully saturated rings. The molecule has 0 spiro atoms. The summed E-state index contributed by atoms with van der Waals surface area (Å²) >= 11 is 0. The van der Waals surface area contributed by atoms with Gasteiger partial charge in [0.05, 0.1) is 6.61 Å². The number of nitrogens with one attached hydrogen (secondary N) is 1. The van der Waals surface area contributed by atoms with E-state index in [-0.39, 0.29) is 0 Å². The zero-order valence-electron chi connectivity index (χ0n) is 12.3. The van der Waals surface area contributed by atoms with Crippen LogP contribution in [0.15, 0.2) is 42.5 Å². The molecule has 0 saturated heterocycles. The maximum absolute atomic E-state index is 5.76. The van der Waals surface area contributed by atoms with Crippen molar-refractivity contribution in [3.8, 4) is 5.75 Å². The molecule has 0 aliphatic heterocycles. The predicted molar refractivity (Wildman–Crippen MR) is 82.7 cm³/mol. The highest BCUT2D eigenvalue weighted by molar-refractivity contribution is 5.20. The maximum atomic E-state index is 5.76. The summed E-state index contributed by atoms with van der Waals surface area (Å²) in [5.74, 6) is 0.955. The quantitative estimate of drug-likeness (QED) is 0.638. The highest BCUT2D eigenvalue weighted by Crippen LogP contribution is 2.11. The molecular formula is C17H27NO. The van der Waals surface area contributed by atoms with Gasteiger partial charge < -0.3 is 10.1 Å². The van der Waals surface area contributed by atoms with Crippen molar-refractivity contribution in [1.82, 2.24) is 5.32 Å². The largest absolute Gasteiger partial charge is 0.494 e. The Labute approximate surface area is 117 Å². The van der Waals surface area contributed by atoms with E-state index in [0.29, 0.717) is 6.04 Å².